The van der Waals surface area contributed by atoms with E-state index in [0.717, 1.165) is 44.2 Å². The summed E-state index contributed by atoms with van der Waals surface area (Å²) in [6, 6.07) is 8.64. The predicted molar refractivity (Wildman–Crippen MR) is 91.9 cm³/mol. The number of aromatic nitrogens is 1. The molecule has 1 atom stereocenters. The van der Waals surface area contributed by atoms with E-state index in [2.05, 4.69) is 39.5 Å². The molecule has 0 saturated carbocycles. The molecule has 2 amide bonds. The standard InChI is InChI=1S/C17H20N4OS/c22-16(19-15-6-5-13-3-1-2-4-14(13)15)20-8-10-21(11-9-20)17-18-7-12-23-17/h1-4,7,12,15H,5-6,8-11H2,(H,19,22)/t15-/m0/s1. The van der Waals surface area contributed by atoms with Gasteiger partial charge in [-0.2, -0.15) is 0 Å². The van der Waals surface area contributed by atoms with Gasteiger partial charge in [-0.25, -0.2) is 9.78 Å². The Balaban J connectivity index is 1.34. The van der Waals surface area contributed by atoms with Gasteiger partial charge in [0.25, 0.3) is 0 Å². The Morgan fingerprint density at radius 2 is 2.04 bits per heavy atom. The molecule has 0 spiro atoms. The fraction of sp³-hybridized carbons (Fsp3) is 0.412. The van der Waals surface area contributed by atoms with E-state index in [1.165, 1.54) is 11.1 Å². The molecule has 0 unspecified atom stereocenters. The second-order valence-electron chi connectivity index (χ2n) is 6.03. The molecule has 120 valence electrons. The number of anilines is 1. The number of carbonyl (C=O) groups excluding carboxylic acids is 1. The van der Waals surface area contributed by atoms with Crippen molar-refractivity contribution in [3.05, 3.63) is 47.0 Å². The van der Waals surface area contributed by atoms with Gasteiger partial charge in [-0.05, 0) is 24.0 Å². The van der Waals surface area contributed by atoms with Crippen molar-refractivity contribution in [1.29, 1.82) is 0 Å². The summed E-state index contributed by atoms with van der Waals surface area (Å²) in [5, 5.41) is 6.25. The Kier molecular flexibility index (Phi) is 3.91. The number of rotatable bonds is 2. The predicted octanol–water partition coefficient (Wildman–Crippen LogP) is 2.66. The van der Waals surface area contributed by atoms with Gasteiger partial charge in [0, 0.05) is 37.8 Å². The zero-order chi connectivity index (χ0) is 15.6. The smallest absolute Gasteiger partial charge is 0.318 e. The summed E-state index contributed by atoms with van der Waals surface area (Å²) in [6.45, 7) is 3.20. The lowest BCUT2D eigenvalue weighted by Crippen LogP contribution is -2.52. The third-order valence-electron chi connectivity index (χ3n) is 4.69. The van der Waals surface area contributed by atoms with Gasteiger partial charge in [-0.3, -0.25) is 0 Å². The third kappa shape index (κ3) is 2.91. The first kappa shape index (κ1) is 14.5. The topological polar surface area (TPSA) is 48.5 Å². The third-order valence-corrected chi connectivity index (χ3v) is 5.52. The van der Waals surface area contributed by atoms with Crippen molar-refractivity contribution in [2.45, 2.75) is 18.9 Å². The fourth-order valence-corrected chi connectivity index (χ4v) is 4.12. The lowest BCUT2D eigenvalue weighted by atomic mass is 10.1. The van der Waals surface area contributed by atoms with E-state index in [9.17, 15) is 4.79 Å². The van der Waals surface area contributed by atoms with Gasteiger partial charge in [0.2, 0.25) is 0 Å². The van der Waals surface area contributed by atoms with Gasteiger partial charge >= 0.3 is 6.03 Å². The van der Waals surface area contributed by atoms with Gasteiger partial charge < -0.3 is 15.1 Å². The number of piperazine rings is 1. The van der Waals surface area contributed by atoms with E-state index in [0.29, 0.717) is 0 Å². The Morgan fingerprint density at radius 1 is 1.22 bits per heavy atom. The van der Waals surface area contributed by atoms with Crippen LogP contribution in [0.3, 0.4) is 0 Å². The molecule has 6 heteroatoms. The number of carbonyl (C=O) groups is 1. The molecule has 2 aromatic rings. The second kappa shape index (κ2) is 6.20. The molecule has 0 bridgehead atoms. The van der Waals surface area contributed by atoms with Crippen LogP contribution in [0.25, 0.3) is 0 Å². The Morgan fingerprint density at radius 3 is 2.83 bits per heavy atom. The maximum atomic E-state index is 12.5. The largest absolute Gasteiger partial charge is 0.345 e. The first-order valence-corrected chi connectivity index (χ1v) is 8.97. The van der Waals surface area contributed by atoms with Gasteiger partial charge in [0.15, 0.2) is 5.13 Å². The Bertz CT molecular complexity index is 680. The van der Waals surface area contributed by atoms with E-state index in [1.54, 1.807) is 11.3 Å². The quantitative estimate of drug-likeness (QED) is 0.922. The molecule has 1 N–H and O–H groups in total. The Hall–Kier alpha value is -2.08. The zero-order valence-corrected chi connectivity index (χ0v) is 13.8. The van der Waals surface area contributed by atoms with Crippen LogP contribution in [0.4, 0.5) is 9.93 Å². The molecular formula is C17H20N4OS. The van der Waals surface area contributed by atoms with Crippen molar-refractivity contribution in [2.24, 2.45) is 0 Å². The summed E-state index contributed by atoms with van der Waals surface area (Å²) in [5.41, 5.74) is 2.65. The number of amides is 2. The van der Waals surface area contributed by atoms with Gasteiger partial charge in [-0.1, -0.05) is 24.3 Å². The number of nitrogens with one attached hydrogen (secondary N) is 1. The highest BCUT2D eigenvalue weighted by Crippen LogP contribution is 2.30. The van der Waals surface area contributed by atoms with Crippen LogP contribution >= 0.6 is 11.3 Å². The number of nitrogens with zero attached hydrogens (tertiary/aromatic N) is 3. The first-order chi connectivity index (χ1) is 11.3. The van der Waals surface area contributed by atoms with Crippen LogP contribution in [0, 0.1) is 0 Å². The van der Waals surface area contributed by atoms with Crippen molar-refractivity contribution >= 4 is 22.5 Å². The summed E-state index contributed by atoms with van der Waals surface area (Å²) in [6.07, 6.45) is 3.89. The van der Waals surface area contributed by atoms with Crippen LogP contribution < -0.4 is 10.2 Å². The number of aryl methyl sites for hydroxylation is 1. The average Bonchev–Trinajstić information content (AvgIpc) is 3.25. The van der Waals surface area contributed by atoms with E-state index in [1.807, 2.05) is 16.5 Å². The molecule has 1 aliphatic carbocycles. The molecule has 0 radical (unpaired) electrons. The maximum Gasteiger partial charge on any atom is 0.318 e. The van der Waals surface area contributed by atoms with Gasteiger partial charge in [0.05, 0.1) is 6.04 Å². The van der Waals surface area contributed by atoms with E-state index in [-0.39, 0.29) is 12.1 Å². The molecule has 1 fully saturated rings. The van der Waals surface area contributed by atoms with Crippen LogP contribution in [-0.4, -0.2) is 42.1 Å². The molecule has 1 aromatic heterocycles. The molecule has 5 nitrogen and oxygen atoms in total. The number of thiazole rings is 1. The van der Waals surface area contributed by atoms with Crippen LogP contribution in [0.15, 0.2) is 35.8 Å². The van der Waals surface area contributed by atoms with Crippen molar-refractivity contribution in [1.82, 2.24) is 15.2 Å². The van der Waals surface area contributed by atoms with Gasteiger partial charge in [-0.15, -0.1) is 11.3 Å². The van der Waals surface area contributed by atoms with Gasteiger partial charge in [0.1, 0.15) is 0 Å². The lowest BCUT2D eigenvalue weighted by Gasteiger charge is -2.35. The lowest BCUT2D eigenvalue weighted by molar-refractivity contribution is 0.190. The number of hydrogen-bond acceptors (Lipinski definition) is 4. The van der Waals surface area contributed by atoms with Crippen molar-refractivity contribution < 1.29 is 4.79 Å². The molecule has 23 heavy (non-hydrogen) atoms. The monoisotopic (exact) mass is 328 g/mol. The molecule has 2 heterocycles. The molecule has 4 rings (SSSR count). The van der Waals surface area contributed by atoms with Crippen molar-refractivity contribution in [2.75, 3.05) is 31.1 Å². The van der Waals surface area contributed by atoms with Crippen molar-refractivity contribution in [3.8, 4) is 0 Å². The minimum Gasteiger partial charge on any atom is -0.345 e. The second-order valence-corrected chi connectivity index (χ2v) is 6.90. The van der Waals surface area contributed by atoms with Crippen LogP contribution in [0.5, 0.6) is 0 Å². The van der Waals surface area contributed by atoms with Crippen LogP contribution in [0.2, 0.25) is 0 Å². The highest BCUT2D eigenvalue weighted by Gasteiger charge is 2.27. The SMILES string of the molecule is O=C(N[C@H]1CCc2ccccc21)N1CCN(c2nccs2)CC1. The number of benzene rings is 1. The molecule has 1 aliphatic heterocycles. The summed E-state index contributed by atoms with van der Waals surface area (Å²) >= 11 is 1.65. The molecule has 2 aliphatic rings. The Labute approximate surface area is 139 Å². The first-order valence-electron chi connectivity index (χ1n) is 8.09. The molecule has 1 saturated heterocycles. The van der Waals surface area contributed by atoms with Crippen molar-refractivity contribution in [3.63, 3.8) is 0 Å². The summed E-state index contributed by atoms with van der Waals surface area (Å²) < 4.78 is 0. The van der Waals surface area contributed by atoms with E-state index in [4.69, 9.17) is 0 Å². The highest BCUT2D eigenvalue weighted by atomic mass is 32.1. The van der Waals surface area contributed by atoms with E-state index >= 15 is 0 Å². The average molecular weight is 328 g/mol. The van der Waals surface area contributed by atoms with Crippen LogP contribution in [0.1, 0.15) is 23.6 Å². The minimum absolute atomic E-state index is 0.0606. The number of hydrogen-bond donors (Lipinski definition) is 1. The zero-order valence-electron chi connectivity index (χ0n) is 12.9. The normalized spacial score (nSPS) is 20.4. The van der Waals surface area contributed by atoms with E-state index < -0.39 is 0 Å². The maximum absolute atomic E-state index is 12.5. The summed E-state index contributed by atoms with van der Waals surface area (Å²) in [7, 11) is 0. The fourth-order valence-electron chi connectivity index (χ4n) is 3.42. The summed E-state index contributed by atoms with van der Waals surface area (Å²) in [5.74, 6) is 0. The summed E-state index contributed by atoms with van der Waals surface area (Å²) in [4.78, 5) is 21.1. The number of urea groups is 1. The minimum atomic E-state index is 0.0606. The number of fused-ring (bicyclic) bond motifs is 1. The molecular weight excluding hydrogens is 308 g/mol. The highest BCUT2D eigenvalue weighted by molar-refractivity contribution is 7.13. The van der Waals surface area contributed by atoms with Crippen LogP contribution in [-0.2, 0) is 6.42 Å². The molecule has 1 aromatic carbocycles.